The number of carbonyl (C=O) groups is 2. The molecule has 0 amide bonds. The third-order valence-electron chi connectivity index (χ3n) is 7.99. The molecule has 8 nitrogen and oxygen atoms in total. The Morgan fingerprint density at radius 1 is 0.804 bits per heavy atom. The first-order valence-electron chi connectivity index (χ1n) is 15.5. The summed E-state index contributed by atoms with van der Waals surface area (Å²) < 4.78 is 59.9. The summed E-state index contributed by atoms with van der Waals surface area (Å²) in [5.41, 5.74) is 3.96. The second-order valence-electron chi connectivity index (χ2n) is 11.3. The van der Waals surface area contributed by atoms with Crippen LogP contribution in [-0.2, 0) is 25.5 Å². The van der Waals surface area contributed by atoms with Crippen molar-refractivity contribution in [2.75, 3.05) is 39.6 Å². The van der Waals surface area contributed by atoms with E-state index in [1.165, 1.54) is 5.56 Å². The molecule has 1 saturated carbocycles. The number of aliphatic hydroxyl groups is 2. The highest BCUT2D eigenvalue weighted by Crippen LogP contribution is 2.41. The summed E-state index contributed by atoms with van der Waals surface area (Å²) in [6.45, 7) is 7.83. The topological polar surface area (TPSA) is 112 Å². The highest BCUT2D eigenvalue weighted by Gasteiger charge is 2.30. The molecule has 0 atom stereocenters. The number of hydrogen-bond donors (Lipinski definition) is 2. The van der Waals surface area contributed by atoms with Crippen molar-refractivity contribution in [3.63, 3.8) is 0 Å². The minimum absolute atomic E-state index is 0.0268. The maximum absolute atomic E-state index is 12.7. The van der Waals surface area contributed by atoms with Gasteiger partial charge >= 0.3 is 18.1 Å². The zero-order valence-electron chi connectivity index (χ0n) is 26.2. The first-order valence-corrected chi connectivity index (χ1v) is 15.5. The van der Waals surface area contributed by atoms with Crippen LogP contribution in [0.1, 0.15) is 62.5 Å². The Bertz CT molecular complexity index is 1290. The van der Waals surface area contributed by atoms with Crippen LogP contribution in [0.15, 0.2) is 60.7 Å². The minimum atomic E-state index is -4.11. The molecule has 0 spiro atoms. The van der Waals surface area contributed by atoms with Gasteiger partial charge in [0.2, 0.25) is 0 Å². The number of carbonyl (C=O) groups excluding carboxylic acids is 2. The van der Waals surface area contributed by atoms with Crippen LogP contribution in [0.4, 0.5) is 13.2 Å². The largest absolute Gasteiger partial charge is 0.490 e. The minimum Gasteiger partial charge on any atom is -0.490 e. The lowest BCUT2D eigenvalue weighted by Crippen LogP contribution is -2.17. The summed E-state index contributed by atoms with van der Waals surface area (Å²) in [6, 6.07) is 11.5. The number of aryl methyl sites for hydroxylation is 1. The predicted octanol–water partition coefficient (Wildman–Crippen LogP) is 6.47. The molecule has 0 aliphatic heterocycles. The van der Waals surface area contributed by atoms with E-state index in [-0.39, 0.29) is 49.9 Å². The standard InChI is InChI=1S/C35H43F3O8/c1-4-26-17-28(9-10-32(26)27-7-5-25(6-8-27)11-12-35(36,37)38)29-18-30(43-13-15-45-33(41)23(2)21-39)20-31(19-29)44-14-16-46-34(42)24(3)22-40/h9-10,17-20,25,27,39-40H,2-8,11-16,21-22H2,1H3. The lowest BCUT2D eigenvalue weighted by molar-refractivity contribution is -0.141. The van der Waals surface area contributed by atoms with Crippen molar-refractivity contribution in [3.8, 4) is 22.6 Å². The molecule has 1 aliphatic rings. The molecule has 11 heteroatoms. The first-order chi connectivity index (χ1) is 21.9. The Labute approximate surface area is 267 Å². The van der Waals surface area contributed by atoms with E-state index in [1.807, 2.05) is 18.2 Å². The van der Waals surface area contributed by atoms with Gasteiger partial charge in [-0.1, -0.05) is 38.3 Å². The van der Waals surface area contributed by atoms with Crippen LogP contribution in [0.2, 0.25) is 0 Å². The third kappa shape index (κ3) is 11.5. The molecule has 2 aromatic rings. The van der Waals surface area contributed by atoms with Gasteiger partial charge in [-0.25, -0.2) is 9.59 Å². The van der Waals surface area contributed by atoms with Gasteiger partial charge in [-0.15, -0.1) is 0 Å². The Kier molecular flexibility index (Phi) is 14.1. The number of hydrogen-bond acceptors (Lipinski definition) is 8. The van der Waals surface area contributed by atoms with Crippen LogP contribution in [0, 0.1) is 5.92 Å². The molecule has 1 aliphatic carbocycles. The number of rotatable bonds is 17. The molecule has 0 bridgehead atoms. The molecule has 0 saturated heterocycles. The summed E-state index contributed by atoms with van der Waals surface area (Å²) in [4.78, 5) is 23.5. The number of esters is 2. The second kappa shape index (κ2) is 17.8. The van der Waals surface area contributed by atoms with Crippen molar-refractivity contribution < 1.29 is 51.9 Å². The van der Waals surface area contributed by atoms with E-state index >= 15 is 0 Å². The maximum atomic E-state index is 12.7. The third-order valence-corrected chi connectivity index (χ3v) is 7.99. The normalized spacial score (nSPS) is 16.4. The molecule has 3 rings (SSSR count). The van der Waals surface area contributed by atoms with Gasteiger partial charge in [0.15, 0.2) is 0 Å². The molecule has 2 aromatic carbocycles. The number of ether oxygens (including phenoxy) is 4. The van der Waals surface area contributed by atoms with E-state index < -0.39 is 37.7 Å². The quantitative estimate of drug-likeness (QED) is 0.114. The molecule has 0 radical (unpaired) electrons. The van der Waals surface area contributed by atoms with E-state index in [4.69, 9.17) is 29.2 Å². The van der Waals surface area contributed by atoms with Gasteiger partial charge in [-0.05, 0) is 84.7 Å². The van der Waals surface area contributed by atoms with Gasteiger partial charge in [0.25, 0.3) is 0 Å². The van der Waals surface area contributed by atoms with E-state index in [0.717, 1.165) is 48.8 Å². The lowest BCUT2D eigenvalue weighted by atomic mass is 9.75. The summed E-state index contributed by atoms with van der Waals surface area (Å²) >= 11 is 0. The lowest BCUT2D eigenvalue weighted by Gasteiger charge is -2.30. The average Bonchev–Trinajstić information content (AvgIpc) is 3.06. The molecular formula is C35H43F3O8. The highest BCUT2D eigenvalue weighted by molar-refractivity contribution is 5.88. The predicted molar refractivity (Wildman–Crippen MR) is 167 cm³/mol. The van der Waals surface area contributed by atoms with E-state index in [0.29, 0.717) is 17.4 Å². The van der Waals surface area contributed by atoms with Crippen LogP contribution in [0.3, 0.4) is 0 Å². The summed E-state index contributed by atoms with van der Waals surface area (Å²) in [6.07, 6.45) is -0.546. The zero-order chi connectivity index (χ0) is 33.7. The number of alkyl halides is 3. The molecular weight excluding hydrogens is 605 g/mol. The van der Waals surface area contributed by atoms with Gasteiger partial charge in [-0.2, -0.15) is 13.2 Å². The van der Waals surface area contributed by atoms with Crippen molar-refractivity contribution in [3.05, 3.63) is 71.8 Å². The van der Waals surface area contributed by atoms with E-state index in [2.05, 4.69) is 32.2 Å². The fourth-order valence-corrected chi connectivity index (χ4v) is 5.45. The van der Waals surface area contributed by atoms with Gasteiger partial charge in [0.1, 0.15) is 37.9 Å². The molecule has 252 valence electrons. The highest BCUT2D eigenvalue weighted by atomic mass is 19.4. The van der Waals surface area contributed by atoms with Gasteiger partial charge in [0, 0.05) is 12.5 Å². The van der Waals surface area contributed by atoms with Crippen LogP contribution in [-0.4, -0.2) is 68.0 Å². The number of halogens is 3. The summed E-state index contributed by atoms with van der Waals surface area (Å²) in [5, 5.41) is 18.1. The van der Waals surface area contributed by atoms with Crippen LogP contribution in [0.25, 0.3) is 11.1 Å². The Balaban J connectivity index is 1.74. The zero-order valence-corrected chi connectivity index (χ0v) is 26.2. The molecule has 0 unspecified atom stereocenters. The molecule has 1 fully saturated rings. The smallest absolute Gasteiger partial charge is 0.389 e. The Hall–Kier alpha value is -3.83. The van der Waals surface area contributed by atoms with Gasteiger partial charge in [-0.3, -0.25) is 0 Å². The molecule has 0 aromatic heterocycles. The first kappa shape index (κ1) is 36.6. The van der Waals surface area contributed by atoms with Gasteiger partial charge < -0.3 is 29.2 Å². The van der Waals surface area contributed by atoms with Gasteiger partial charge in [0.05, 0.1) is 24.4 Å². The fraction of sp³-hybridized carbons (Fsp3) is 0.486. The van der Waals surface area contributed by atoms with E-state index in [1.54, 1.807) is 6.07 Å². The van der Waals surface area contributed by atoms with Crippen LogP contribution < -0.4 is 9.47 Å². The summed E-state index contributed by atoms with van der Waals surface area (Å²) in [7, 11) is 0. The van der Waals surface area contributed by atoms with Crippen molar-refractivity contribution in [2.45, 2.75) is 64.0 Å². The second-order valence-corrected chi connectivity index (χ2v) is 11.3. The SMILES string of the molecule is C=C(CO)C(=O)OCCOc1cc(OCCOC(=O)C(=C)CO)cc(-c2ccc(C3CCC(CCC(F)(F)F)CC3)c(CC)c2)c1. The number of aliphatic hydroxyl groups excluding tert-OH is 2. The number of benzene rings is 2. The van der Waals surface area contributed by atoms with Crippen LogP contribution in [0.5, 0.6) is 11.5 Å². The van der Waals surface area contributed by atoms with Crippen molar-refractivity contribution in [1.29, 1.82) is 0 Å². The van der Waals surface area contributed by atoms with Crippen molar-refractivity contribution >= 4 is 11.9 Å². The van der Waals surface area contributed by atoms with Crippen molar-refractivity contribution in [2.24, 2.45) is 5.92 Å². The molecule has 2 N–H and O–H groups in total. The van der Waals surface area contributed by atoms with Crippen LogP contribution >= 0.6 is 0 Å². The maximum Gasteiger partial charge on any atom is 0.389 e. The molecule has 0 heterocycles. The average molecular weight is 649 g/mol. The van der Waals surface area contributed by atoms with E-state index in [9.17, 15) is 22.8 Å². The Morgan fingerprint density at radius 2 is 1.35 bits per heavy atom. The summed E-state index contributed by atoms with van der Waals surface area (Å²) in [5.74, 6) is -0.149. The Morgan fingerprint density at radius 3 is 1.83 bits per heavy atom. The molecule has 46 heavy (non-hydrogen) atoms. The van der Waals surface area contributed by atoms with Crippen molar-refractivity contribution in [1.82, 2.24) is 0 Å². The monoisotopic (exact) mass is 648 g/mol. The fourth-order valence-electron chi connectivity index (χ4n) is 5.45.